The Labute approximate surface area is 192 Å². The van der Waals surface area contributed by atoms with Crippen molar-refractivity contribution in [3.8, 4) is 17.2 Å². The van der Waals surface area contributed by atoms with Gasteiger partial charge < -0.3 is 20.9 Å². The molecule has 3 N–H and O–H groups in total. The molecule has 4 aromatic rings. The zero-order valence-corrected chi connectivity index (χ0v) is 19.0. The molecule has 0 unspecified atom stereocenters. The van der Waals surface area contributed by atoms with Crippen molar-refractivity contribution in [2.45, 2.75) is 0 Å². The van der Waals surface area contributed by atoms with Crippen molar-refractivity contribution in [3.05, 3.63) is 72.6 Å². The molecular formula is C24H26N8O. The van der Waals surface area contributed by atoms with Crippen LogP contribution in [0.15, 0.2) is 67.0 Å². The van der Waals surface area contributed by atoms with Gasteiger partial charge in [-0.25, -0.2) is 9.97 Å². The molecule has 0 aliphatic heterocycles. The lowest BCUT2D eigenvalue weighted by atomic mass is 10.1. The first-order valence-corrected chi connectivity index (χ1v) is 10.4. The number of hydrogen-bond acceptors (Lipinski definition) is 7. The number of nitrogens with two attached hydrogens (primary N) is 1. The number of carbonyl (C=O) groups excluding carboxylic acids is 1. The molecule has 0 atom stereocenters. The largest absolute Gasteiger partial charge is 0.383 e. The second kappa shape index (κ2) is 8.99. The summed E-state index contributed by atoms with van der Waals surface area (Å²) in [7, 11) is 7.86. The monoisotopic (exact) mass is 442 g/mol. The SMILES string of the molecule is CN(C)c1ccc(-c2ccnc(-n3ncc(C(=O)Nc4cccc(N(C)C)c4)c3N)n2)cc1. The molecule has 168 valence electrons. The van der Waals surface area contributed by atoms with Gasteiger partial charge >= 0.3 is 0 Å². The Morgan fingerprint density at radius 3 is 2.39 bits per heavy atom. The van der Waals surface area contributed by atoms with E-state index < -0.39 is 0 Å². The van der Waals surface area contributed by atoms with Gasteiger partial charge in [0.1, 0.15) is 11.4 Å². The van der Waals surface area contributed by atoms with Crippen LogP contribution in [0.5, 0.6) is 0 Å². The Balaban J connectivity index is 1.58. The topological polar surface area (TPSA) is 105 Å². The fraction of sp³-hybridized carbons (Fsp3) is 0.167. The van der Waals surface area contributed by atoms with E-state index in [0.29, 0.717) is 5.69 Å². The van der Waals surface area contributed by atoms with Crippen LogP contribution in [0.2, 0.25) is 0 Å². The maximum atomic E-state index is 12.8. The van der Waals surface area contributed by atoms with Gasteiger partial charge in [-0.05, 0) is 36.4 Å². The van der Waals surface area contributed by atoms with E-state index in [1.54, 1.807) is 6.20 Å². The highest BCUT2D eigenvalue weighted by molar-refractivity contribution is 6.07. The molecule has 0 aliphatic rings. The normalized spacial score (nSPS) is 10.7. The third-order valence-corrected chi connectivity index (χ3v) is 5.18. The summed E-state index contributed by atoms with van der Waals surface area (Å²) in [6.07, 6.45) is 3.06. The van der Waals surface area contributed by atoms with Crippen molar-refractivity contribution in [1.82, 2.24) is 19.7 Å². The predicted octanol–water partition coefficient (Wildman–Crippen LogP) is 3.30. The molecule has 4 rings (SSSR count). The van der Waals surface area contributed by atoms with Gasteiger partial charge in [-0.3, -0.25) is 4.79 Å². The first-order valence-electron chi connectivity index (χ1n) is 10.4. The van der Waals surface area contributed by atoms with Gasteiger partial charge in [0.15, 0.2) is 0 Å². The van der Waals surface area contributed by atoms with Crippen LogP contribution >= 0.6 is 0 Å². The molecule has 0 fully saturated rings. The molecule has 9 heteroatoms. The molecule has 0 saturated carbocycles. The summed E-state index contributed by atoms with van der Waals surface area (Å²) in [4.78, 5) is 25.7. The molecular weight excluding hydrogens is 416 g/mol. The lowest BCUT2D eigenvalue weighted by Gasteiger charge is -2.14. The van der Waals surface area contributed by atoms with Gasteiger partial charge in [0.25, 0.3) is 11.9 Å². The zero-order valence-electron chi connectivity index (χ0n) is 19.0. The zero-order chi connectivity index (χ0) is 23.5. The van der Waals surface area contributed by atoms with Crippen LogP contribution in [0.25, 0.3) is 17.2 Å². The summed E-state index contributed by atoms with van der Waals surface area (Å²) in [5.41, 5.74) is 10.9. The van der Waals surface area contributed by atoms with Crippen molar-refractivity contribution < 1.29 is 4.79 Å². The van der Waals surface area contributed by atoms with Crippen molar-refractivity contribution >= 4 is 28.8 Å². The Kier molecular flexibility index (Phi) is 5.95. The fourth-order valence-corrected chi connectivity index (χ4v) is 3.29. The molecule has 0 saturated heterocycles. The summed E-state index contributed by atoms with van der Waals surface area (Å²) in [5, 5.41) is 7.12. The Morgan fingerprint density at radius 2 is 1.70 bits per heavy atom. The number of benzene rings is 2. The molecule has 0 spiro atoms. The van der Waals surface area contributed by atoms with E-state index in [2.05, 4.69) is 20.4 Å². The quantitative estimate of drug-likeness (QED) is 0.472. The highest BCUT2D eigenvalue weighted by Gasteiger charge is 2.18. The number of nitrogen functional groups attached to an aromatic ring is 1. The lowest BCUT2D eigenvalue weighted by molar-refractivity contribution is 0.102. The second-order valence-electron chi connectivity index (χ2n) is 7.94. The maximum Gasteiger partial charge on any atom is 0.261 e. The third-order valence-electron chi connectivity index (χ3n) is 5.18. The lowest BCUT2D eigenvalue weighted by Crippen LogP contribution is -2.15. The van der Waals surface area contributed by atoms with Gasteiger partial charge in [0.05, 0.1) is 11.9 Å². The van der Waals surface area contributed by atoms with E-state index in [9.17, 15) is 4.79 Å². The van der Waals surface area contributed by atoms with Crippen LogP contribution in [0.1, 0.15) is 10.4 Å². The minimum Gasteiger partial charge on any atom is -0.383 e. The average Bonchev–Trinajstić information content (AvgIpc) is 3.20. The molecule has 0 radical (unpaired) electrons. The van der Waals surface area contributed by atoms with E-state index in [1.807, 2.05) is 92.6 Å². The summed E-state index contributed by atoms with van der Waals surface area (Å²) in [6, 6.07) is 17.4. The number of hydrogen-bond donors (Lipinski definition) is 2. The van der Waals surface area contributed by atoms with Gasteiger partial charge in [-0.2, -0.15) is 9.78 Å². The fourth-order valence-electron chi connectivity index (χ4n) is 3.29. The first kappa shape index (κ1) is 21.8. The van der Waals surface area contributed by atoms with Crippen LogP contribution < -0.4 is 20.9 Å². The van der Waals surface area contributed by atoms with Crippen molar-refractivity contribution in [3.63, 3.8) is 0 Å². The molecule has 0 aliphatic carbocycles. The molecule has 2 aromatic carbocycles. The third kappa shape index (κ3) is 4.62. The van der Waals surface area contributed by atoms with E-state index in [1.165, 1.54) is 10.9 Å². The summed E-state index contributed by atoms with van der Waals surface area (Å²) in [6.45, 7) is 0. The standard InChI is InChI=1S/C24H26N8O/c1-30(2)18-10-8-16(9-11-18)21-12-13-26-24(29-21)32-22(25)20(15-27-32)23(33)28-17-6-5-7-19(14-17)31(3)4/h5-15H,25H2,1-4H3,(H,28,33). The summed E-state index contributed by atoms with van der Waals surface area (Å²) >= 11 is 0. The minimum atomic E-state index is -0.356. The van der Waals surface area contributed by atoms with Crippen LogP contribution in [-0.4, -0.2) is 53.8 Å². The maximum absolute atomic E-state index is 12.8. The summed E-state index contributed by atoms with van der Waals surface area (Å²) < 4.78 is 1.36. The Hall–Kier alpha value is -4.40. The van der Waals surface area contributed by atoms with Crippen molar-refractivity contribution in [2.24, 2.45) is 0 Å². The van der Waals surface area contributed by atoms with E-state index in [-0.39, 0.29) is 23.2 Å². The number of nitrogens with zero attached hydrogens (tertiary/aromatic N) is 6. The number of amides is 1. The van der Waals surface area contributed by atoms with Gasteiger partial charge in [-0.1, -0.05) is 18.2 Å². The van der Waals surface area contributed by atoms with Gasteiger partial charge in [0.2, 0.25) is 0 Å². The molecule has 2 heterocycles. The Bertz CT molecular complexity index is 1280. The molecule has 9 nitrogen and oxygen atoms in total. The van der Waals surface area contributed by atoms with E-state index in [0.717, 1.165) is 22.6 Å². The van der Waals surface area contributed by atoms with Crippen LogP contribution in [0.3, 0.4) is 0 Å². The molecule has 0 bridgehead atoms. The van der Waals surface area contributed by atoms with E-state index in [4.69, 9.17) is 5.73 Å². The van der Waals surface area contributed by atoms with Crippen molar-refractivity contribution in [2.75, 3.05) is 49.0 Å². The number of anilines is 4. The highest BCUT2D eigenvalue weighted by atomic mass is 16.1. The average molecular weight is 443 g/mol. The van der Waals surface area contributed by atoms with E-state index >= 15 is 0 Å². The number of nitrogens with one attached hydrogen (secondary N) is 1. The second-order valence-corrected chi connectivity index (χ2v) is 7.94. The number of carbonyl (C=O) groups is 1. The number of rotatable bonds is 6. The Morgan fingerprint density at radius 1 is 0.970 bits per heavy atom. The van der Waals surface area contributed by atoms with Crippen molar-refractivity contribution in [1.29, 1.82) is 0 Å². The van der Waals surface area contributed by atoms with Gasteiger partial charge in [-0.15, -0.1) is 0 Å². The van der Waals surface area contributed by atoms with Crippen LogP contribution in [0.4, 0.5) is 22.9 Å². The predicted molar refractivity (Wildman–Crippen MR) is 132 cm³/mol. The highest BCUT2D eigenvalue weighted by Crippen LogP contribution is 2.23. The minimum absolute atomic E-state index is 0.163. The first-order chi connectivity index (χ1) is 15.8. The summed E-state index contributed by atoms with van der Waals surface area (Å²) in [5.74, 6) is 0.0943. The van der Waals surface area contributed by atoms with Crippen LogP contribution in [0, 0.1) is 0 Å². The van der Waals surface area contributed by atoms with Crippen LogP contribution in [-0.2, 0) is 0 Å². The molecule has 2 aromatic heterocycles. The number of aromatic nitrogens is 4. The molecule has 33 heavy (non-hydrogen) atoms. The van der Waals surface area contributed by atoms with Gasteiger partial charge in [0, 0.05) is 57.0 Å². The smallest absolute Gasteiger partial charge is 0.261 e. The molecule has 1 amide bonds.